The van der Waals surface area contributed by atoms with Crippen LogP contribution in [0.3, 0.4) is 0 Å². The first-order valence-corrected chi connectivity index (χ1v) is 6.29. The van der Waals surface area contributed by atoms with E-state index in [4.69, 9.17) is 4.52 Å². The number of hydrogen-bond donors (Lipinski definition) is 2. The Morgan fingerprint density at radius 3 is 2.57 bits per heavy atom. The molecular formula is C11H19F3IN5O. The predicted octanol–water partition coefficient (Wildman–Crippen LogP) is 2.05. The fraction of sp³-hybridized carbons (Fsp3) is 0.727. The summed E-state index contributed by atoms with van der Waals surface area (Å²) in [6.45, 7) is 4.25. The molecule has 0 unspecified atom stereocenters. The molecule has 21 heavy (non-hydrogen) atoms. The first-order chi connectivity index (χ1) is 9.40. The van der Waals surface area contributed by atoms with Gasteiger partial charge in [-0.1, -0.05) is 5.16 Å². The van der Waals surface area contributed by atoms with Crippen molar-refractivity contribution < 1.29 is 17.7 Å². The standard InChI is InChI=1S/C11H18F3N5O.HI/c1-3-15-10(17-7-5-11(12,13)14)16-6-4-9-18-8(2)19-20-9;/h3-7H2,1-2H3,(H2,15,16,17);1H. The topological polar surface area (TPSA) is 75.3 Å². The quantitative estimate of drug-likeness (QED) is 0.418. The molecule has 0 fully saturated rings. The van der Waals surface area contributed by atoms with Gasteiger partial charge >= 0.3 is 6.18 Å². The molecule has 0 atom stereocenters. The van der Waals surface area contributed by atoms with Crippen LogP contribution in [0.15, 0.2) is 9.52 Å². The van der Waals surface area contributed by atoms with Crippen LogP contribution in [-0.2, 0) is 6.42 Å². The molecule has 0 aliphatic rings. The lowest BCUT2D eigenvalue weighted by molar-refractivity contribution is -0.132. The van der Waals surface area contributed by atoms with E-state index in [1.165, 1.54) is 0 Å². The van der Waals surface area contributed by atoms with Crippen molar-refractivity contribution >= 4 is 29.9 Å². The molecule has 1 aromatic rings. The zero-order valence-electron chi connectivity index (χ0n) is 11.8. The van der Waals surface area contributed by atoms with E-state index in [2.05, 4.69) is 25.8 Å². The van der Waals surface area contributed by atoms with E-state index < -0.39 is 12.6 Å². The second kappa shape index (κ2) is 9.79. The Bertz CT molecular complexity index is 436. The molecule has 0 aliphatic heterocycles. The van der Waals surface area contributed by atoms with Crippen LogP contribution in [0, 0.1) is 6.92 Å². The lowest BCUT2D eigenvalue weighted by Crippen LogP contribution is -2.38. The molecule has 0 saturated carbocycles. The third kappa shape index (κ3) is 9.47. The van der Waals surface area contributed by atoms with Gasteiger partial charge in [0.2, 0.25) is 5.89 Å². The second-order valence-electron chi connectivity index (χ2n) is 4.04. The van der Waals surface area contributed by atoms with E-state index in [-0.39, 0.29) is 30.5 Å². The number of halogens is 4. The molecule has 0 amide bonds. The Hall–Kier alpha value is -1.07. The largest absolute Gasteiger partial charge is 0.390 e. The summed E-state index contributed by atoms with van der Waals surface area (Å²) in [5.41, 5.74) is 0. The number of nitrogens with one attached hydrogen (secondary N) is 2. The van der Waals surface area contributed by atoms with Crippen molar-refractivity contribution in [2.45, 2.75) is 32.9 Å². The maximum absolute atomic E-state index is 12.0. The van der Waals surface area contributed by atoms with Crippen LogP contribution < -0.4 is 10.6 Å². The summed E-state index contributed by atoms with van der Waals surface area (Å²) in [5.74, 6) is 1.36. The summed E-state index contributed by atoms with van der Waals surface area (Å²) in [7, 11) is 0. The van der Waals surface area contributed by atoms with Gasteiger partial charge in [0.1, 0.15) is 0 Å². The molecule has 0 bridgehead atoms. The number of hydrogen-bond acceptors (Lipinski definition) is 4. The molecule has 6 nitrogen and oxygen atoms in total. The average molecular weight is 421 g/mol. The Labute approximate surface area is 138 Å². The van der Waals surface area contributed by atoms with Gasteiger partial charge in [0.25, 0.3) is 0 Å². The van der Waals surface area contributed by atoms with Crippen molar-refractivity contribution in [2.75, 3.05) is 19.6 Å². The zero-order chi connectivity index (χ0) is 15.0. The molecule has 0 radical (unpaired) electrons. The third-order valence-corrected chi connectivity index (χ3v) is 2.21. The van der Waals surface area contributed by atoms with Gasteiger partial charge in [-0.3, -0.25) is 4.99 Å². The van der Waals surface area contributed by atoms with Crippen molar-refractivity contribution in [3.05, 3.63) is 11.7 Å². The second-order valence-corrected chi connectivity index (χ2v) is 4.04. The smallest absolute Gasteiger partial charge is 0.357 e. The van der Waals surface area contributed by atoms with E-state index in [9.17, 15) is 13.2 Å². The molecule has 0 spiro atoms. The molecule has 0 aromatic carbocycles. The van der Waals surface area contributed by atoms with Crippen molar-refractivity contribution in [3.63, 3.8) is 0 Å². The molecule has 10 heteroatoms. The minimum Gasteiger partial charge on any atom is -0.357 e. The molecule has 1 heterocycles. The number of alkyl halides is 3. The van der Waals surface area contributed by atoms with Crippen LogP contribution in [0.1, 0.15) is 25.1 Å². The van der Waals surface area contributed by atoms with E-state index >= 15 is 0 Å². The highest BCUT2D eigenvalue weighted by Gasteiger charge is 2.26. The SMILES string of the molecule is CCNC(=NCCC(F)(F)F)NCCc1nc(C)no1.I. The van der Waals surface area contributed by atoms with Crippen LogP contribution in [0.5, 0.6) is 0 Å². The first kappa shape index (κ1) is 19.9. The molecule has 2 N–H and O–H groups in total. The van der Waals surface area contributed by atoms with Crippen molar-refractivity contribution in [1.82, 2.24) is 20.8 Å². The van der Waals surface area contributed by atoms with Gasteiger partial charge in [0, 0.05) is 19.5 Å². The van der Waals surface area contributed by atoms with Crippen molar-refractivity contribution in [3.8, 4) is 0 Å². The molecule has 0 aliphatic carbocycles. The van der Waals surface area contributed by atoms with Gasteiger partial charge in [0.15, 0.2) is 11.8 Å². The predicted molar refractivity (Wildman–Crippen MR) is 82.8 cm³/mol. The third-order valence-electron chi connectivity index (χ3n) is 2.21. The summed E-state index contributed by atoms with van der Waals surface area (Å²) in [6, 6.07) is 0. The molecular weight excluding hydrogens is 402 g/mol. The Kier molecular flexibility index (Phi) is 9.29. The molecule has 1 aromatic heterocycles. The lowest BCUT2D eigenvalue weighted by atomic mass is 10.4. The van der Waals surface area contributed by atoms with E-state index in [0.29, 0.717) is 37.2 Å². The van der Waals surface area contributed by atoms with E-state index in [0.717, 1.165) is 0 Å². The van der Waals surface area contributed by atoms with Crippen LogP contribution in [0.4, 0.5) is 13.2 Å². The summed E-state index contributed by atoms with van der Waals surface area (Å²) < 4.78 is 41.0. The number of aliphatic imine (C=N–C) groups is 1. The lowest BCUT2D eigenvalue weighted by Gasteiger charge is -2.10. The van der Waals surface area contributed by atoms with Crippen LogP contribution >= 0.6 is 24.0 Å². The highest BCUT2D eigenvalue weighted by Crippen LogP contribution is 2.18. The number of guanidine groups is 1. The normalized spacial score (nSPS) is 12.0. The van der Waals surface area contributed by atoms with Crippen molar-refractivity contribution in [1.29, 1.82) is 0 Å². The molecule has 122 valence electrons. The summed E-state index contributed by atoms with van der Waals surface area (Å²) in [5, 5.41) is 9.42. The Morgan fingerprint density at radius 2 is 2.05 bits per heavy atom. The maximum Gasteiger partial charge on any atom is 0.390 e. The Morgan fingerprint density at radius 1 is 1.33 bits per heavy atom. The number of nitrogens with zero attached hydrogens (tertiary/aromatic N) is 3. The fourth-order valence-corrected chi connectivity index (χ4v) is 1.37. The summed E-state index contributed by atoms with van der Waals surface area (Å²) in [6.07, 6.45) is -4.65. The first-order valence-electron chi connectivity index (χ1n) is 6.29. The van der Waals surface area contributed by atoms with Gasteiger partial charge in [0.05, 0.1) is 13.0 Å². The van der Waals surface area contributed by atoms with Crippen LogP contribution in [-0.4, -0.2) is 41.9 Å². The zero-order valence-corrected chi connectivity index (χ0v) is 14.2. The Balaban J connectivity index is 0.00000400. The average Bonchev–Trinajstić information content (AvgIpc) is 2.73. The minimum atomic E-state index is -4.19. The van der Waals surface area contributed by atoms with Gasteiger partial charge in [-0.15, -0.1) is 24.0 Å². The summed E-state index contributed by atoms with van der Waals surface area (Å²) >= 11 is 0. The van der Waals surface area contributed by atoms with Crippen LogP contribution in [0.2, 0.25) is 0 Å². The number of rotatable bonds is 6. The van der Waals surface area contributed by atoms with Gasteiger partial charge in [-0.2, -0.15) is 18.2 Å². The number of aryl methyl sites for hydroxylation is 1. The molecule has 1 rings (SSSR count). The van der Waals surface area contributed by atoms with Gasteiger partial charge < -0.3 is 15.2 Å². The highest BCUT2D eigenvalue weighted by atomic mass is 127. The highest BCUT2D eigenvalue weighted by molar-refractivity contribution is 14.0. The monoisotopic (exact) mass is 421 g/mol. The van der Waals surface area contributed by atoms with Crippen LogP contribution in [0.25, 0.3) is 0 Å². The van der Waals surface area contributed by atoms with Gasteiger partial charge in [-0.05, 0) is 13.8 Å². The minimum absolute atomic E-state index is 0. The van der Waals surface area contributed by atoms with Gasteiger partial charge in [-0.25, -0.2) is 0 Å². The molecule has 0 saturated heterocycles. The number of aromatic nitrogens is 2. The maximum atomic E-state index is 12.0. The van der Waals surface area contributed by atoms with E-state index in [1.54, 1.807) is 6.92 Å². The summed E-state index contributed by atoms with van der Waals surface area (Å²) in [4.78, 5) is 7.86. The fourth-order valence-electron chi connectivity index (χ4n) is 1.37. The van der Waals surface area contributed by atoms with E-state index in [1.807, 2.05) is 6.92 Å². The van der Waals surface area contributed by atoms with Crippen molar-refractivity contribution in [2.24, 2.45) is 4.99 Å².